The fourth-order valence-electron chi connectivity index (χ4n) is 2.80. The van der Waals surface area contributed by atoms with Crippen molar-refractivity contribution in [1.82, 2.24) is 0 Å². The first kappa shape index (κ1) is 21.8. The van der Waals surface area contributed by atoms with E-state index in [4.69, 9.17) is 8.92 Å². The predicted molar refractivity (Wildman–Crippen MR) is 115 cm³/mol. The quantitative estimate of drug-likeness (QED) is 0.252. The first-order valence-corrected chi connectivity index (χ1v) is 11.0. The molecule has 0 saturated carbocycles. The summed E-state index contributed by atoms with van der Waals surface area (Å²) in [6, 6.07) is 15.1. The highest BCUT2D eigenvalue weighted by Gasteiger charge is 2.19. The zero-order valence-corrected chi connectivity index (χ0v) is 18.6. The lowest BCUT2D eigenvalue weighted by Gasteiger charge is -2.14. The van der Waals surface area contributed by atoms with Crippen molar-refractivity contribution in [3.8, 4) is 11.5 Å². The van der Waals surface area contributed by atoms with Crippen LogP contribution in [-0.4, -0.2) is 13.3 Å². The minimum Gasteiger partial charge on any atom is -0.488 e. The molecule has 7 nitrogen and oxygen atoms in total. The van der Waals surface area contributed by atoms with Gasteiger partial charge in [-0.15, -0.1) is 0 Å². The highest BCUT2D eigenvalue weighted by molar-refractivity contribution is 9.10. The Hall–Kier alpha value is -2.91. The largest absolute Gasteiger partial charge is 0.488 e. The fourth-order valence-corrected chi connectivity index (χ4v) is 4.08. The highest BCUT2D eigenvalue weighted by atomic mass is 79.9. The molecule has 0 aromatic heterocycles. The van der Waals surface area contributed by atoms with Gasteiger partial charge in [0, 0.05) is 22.2 Å². The van der Waals surface area contributed by atoms with Crippen molar-refractivity contribution >= 4 is 31.7 Å². The lowest BCUT2D eigenvalue weighted by molar-refractivity contribution is -0.384. The van der Waals surface area contributed by atoms with Gasteiger partial charge in [-0.3, -0.25) is 10.1 Å². The van der Waals surface area contributed by atoms with E-state index in [9.17, 15) is 18.5 Å². The molecule has 0 aliphatic rings. The summed E-state index contributed by atoms with van der Waals surface area (Å²) >= 11 is 3.44. The summed E-state index contributed by atoms with van der Waals surface area (Å²) in [5, 5.41) is 10.7. The van der Waals surface area contributed by atoms with Crippen LogP contribution in [0, 0.1) is 24.0 Å². The van der Waals surface area contributed by atoms with Crippen molar-refractivity contribution in [1.29, 1.82) is 0 Å². The van der Waals surface area contributed by atoms with E-state index < -0.39 is 15.0 Å². The Kier molecular flexibility index (Phi) is 6.42. The number of nitro groups is 1. The number of halogens is 1. The maximum absolute atomic E-state index is 12.5. The number of rotatable bonds is 7. The number of para-hydroxylation sites is 1. The van der Waals surface area contributed by atoms with Crippen molar-refractivity contribution in [3.05, 3.63) is 91.9 Å². The average Bonchev–Trinajstić information content (AvgIpc) is 2.69. The Labute approximate surface area is 182 Å². The lowest BCUT2D eigenvalue weighted by Crippen LogP contribution is -2.10. The first-order valence-electron chi connectivity index (χ1n) is 8.84. The van der Waals surface area contributed by atoms with Crippen LogP contribution in [0.2, 0.25) is 0 Å². The molecule has 0 saturated heterocycles. The third-order valence-electron chi connectivity index (χ3n) is 4.34. The van der Waals surface area contributed by atoms with Crippen molar-refractivity contribution in [3.63, 3.8) is 0 Å². The van der Waals surface area contributed by atoms with Crippen LogP contribution in [0.3, 0.4) is 0 Å². The molecule has 0 fully saturated rings. The number of hydrogen-bond acceptors (Lipinski definition) is 6. The molecular weight excluding hydrogens is 474 g/mol. The number of hydrogen-bond donors (Lipinski definition) is 0. The molecule has 0 atom stereocenters. The van der Waals surface area contributed by atoms with Crippen LogP contribution < -0.4 is 8.92 Å². The van der Waals surface area contributed by atoms with Crippen LogP contribution in [0.5, 0.6) is 11.5 Å². The highest BCUT2D eigenvalue weighted by Crippen LogP contribution is 2.29. The van der Waals surface area contributed by atoms with Gasteiger partial charge in [0.2, 0.25) is 0 Å². The molecule has 0 radical (unpaired) electrons. The summed E-state index contributed by atoms with van der Waals surface area (Å²) in [7, 11) is -4.14. The Balaban J connectivity index is 1.79. The van der Waals surface area contributed by atoms with Crippen molar-refractivity contribution < 1.29 is 22.3 Å². The normalized spacial score (nSPS) is 11.2. The van der Waals surface area contributed by atoms with Gasteiger partial charge >= 0.3 is 10.1 Å². The monoisotopic (exact) mass is 491 g/mol. The molecule has 0 N–H and O–H groups in total. The molecule has 0 spiro atoms. The van der Waals surface area contributed by atoms with Crippen molar-refractivity contribution in [2.24, 2.45) is 0 Å². The molecule has 0 amide bonds. The second kappa shape index (κ2) is 8.85. The van der Waals surface area contributed by atoms with E-state index in [1.54, 1.807) is 12.1 Å². The van der Waals surface area contributed by atoms with Gasteiger partial charge in [-0.2, -0.15) is 8.42 Å². The number of ether oxygens (including phenoxy) is 1. The molecule has 3 aromatic carbocycles. The van der Waals surface area contributed by atoms with E-state index in [0.29, 0.717) is 5.56 Å². The molecule has 0 heterocycles. The van der Waals surface area contributed by atoms with E-state index in [1.807, 2.05) is 32.0 Å². The van der Waals surface area contributed by atoms with E-state index in [0.717, 1.165) is 45.6 Å². The first-order chi connectivity index (χ1) is 14.2. The third-order valence-corrected chi connectivity index (χ3v) is 6.38. The molecule has 156 valence electrons. The molecule has 0 unspecified atom stereocenters. The molecule has 30 heavy (non-hydrogen) atoms. The number of nitrogens with zero attached hydrogens (tertiary/aromatic N) is 1. The maximum atomic E-state index is 12.5. The minimum atomic E-state index is -4.14. The number of nitro benzene ring substituents is 1. The van der Waals surface area contributed by atoms with E-state index in [2.05, 4.69) is 15.9 Å². The minimum absolute atomic E-state index is 0.108. The summed E-state index contributed by atoms with van der Waals surface area (Å²) in [5.41, 5.74) is 2.50. The summed E-state index contributed by atoms with van der Waals surface area (Å²) in [6.45, 7) is 4.11. The number of aryl methyl sites for hydroxylation is 2. The molecule has 0 bridgehead atoms. The molecule has 0 aliphatic carbocycles. The van der Waals surface area contributed by atoms with Gasteiger partial charge in [0.15, 0.2) is 0 Å². The Morgan fingerprint density at radius 3 is 2.23 bits per heavy atom. The summed E-state index contributed by atoms with van der Waals surface area (Å²) < 4.78 is 36.9. The van der Waals surface area contributed by atoms with Crippen LogP contribution >= 0.6 is 15.9 Å². The van der Waals surface area contributed by atoms with E-state index in [-0.39, 0.29) is 22.9 Å². The van der Waals surface area contributed by atoms with E-state index in [1.165, 1.54) is 6.07 Å². The van der Waals surface area contributed by atoms with Gasteiger partial charge in [-0.25, -0.2) is 0 Å². The van der Waals surface area contributed by atoms with Crippen LogP contribution in [0.15, 0.2) is 70.0 Å². The lowest BCUT2D eigenvalue weighted by atomic mass is 10.1. The zero-order chi connectivity index (χ0) is 21.9. The van der Waals surface area contributed by atoms with Crippen molar-refractivity contribution in [2.45, 2.75) is 25.3 Å². The molecular formula is C21H18BrNO6S. The Bertz CT molecular complexity index is 1170. The van der Waals surface area contributed by atoms with Gasteiger partial charge in [-0.05, 0) is 55.3 Å². The van der Waals surface area contributed by atoms with Crippen LogP contribution in [0.4, 0.5) is 5.69 Å². The van der Waals surface area contributed by atoms with Crippen LogP contribution in [0.1, 0.15) is 16.7 Å². The zero-order valence-electron chi connectivity index (χ0n) is 16.2. The van der Waals surface area contributed by atoms with Crippen molar-refractivity contribution in [2.75, 3.05) is 0 Å². The Morgan fingerprint density at radius 2 is 1.63 bits per heavy atom. The molecule has 3 rings (SSSR count). The summed E-state index contributed by atoms with van der Waals surface area (Å²) in [6.07, 6.45) is 0. The fraction of sp³-hybridized carbons (Fsp3) is 0.143. The van der Waals surface area contributed by atoms with Gasteiger partial charge in [0.1, 0.15) is 23.0 Å². The number of non-ortho nitro benzene ring substituents is 1. The van der Waals surface area contributed by atoms with Gasteiger partial charge in [-0.1, -0.05) is 34.1 Å². The Morgan fingerprint density at radius 1 is 1.00 bits per heavy atom. The maximum Gasteiger partial charge on any atom is 0.339 e. The summed E-state index contributed by atoms with van der Waals surface area (Å²) in [4.78, 5) is 9.96. The van der Waals surface area contributed by atoms with Gasteiger partial charge < -0.3 is 8.92 Å². The van der Waals surface area contributed by atoms with E-state index >= 15 is 0 Å². The molecule has 0 aliphatic heterocycles. The predicted octanol–water partition coefficient (Wildman–Crippen LogP) is 5.32. The average molecular weight is 492 g/mol. The van der Waals surface area contributed by atoms with Crippen LogP contribution in [0.25, 0.3) is 0 Å². The summed E-state index contributed by atoms with van der Waals surface area (Å²) in [5.74, 6) is 0.880. The second-order valence-electron chi connectivity index (χ2n) is 6.55. The molecule has 3 aromatic rings. The van der Waals surface area contributed by atoms with Gasteiger partial charge in [0.25, 0.3) is 5.69 Å². The third kappa shape index (κ3) is 4.98. The standard InChI is InChI=1S/C21H18BrNO6S/c1-14-4-3-5-15(2)21(14)28-13-16-12-18(8-11-20(16)22)29-30(26,27)19-9-6-17(7-10-19)23(24)25/h3-12H,13H2,1-2H3. The SMILES string of the molecule is Cc1cccc(C)c1OCc1cc(OS(=O)(=O)c2ccc([N+](=O)[O-])cc2)ccc1Br. The van der Waals surface area contributed by atoms with Gasteiger partial charge in [0.05, 0.1) is 4.92 Å². The second-order valence-corrected chi connectivity index (χ2v) is 8.95. The number of benzene rings is 3. The molecule has 9 heteroatoms. The van der Waals surface area contributed by atoms with Crippen LogP contribution in [-0.2, 0) is 16.7 Å². The topological polar surface area (TPSA) is 95.7 Å². The smallest absolute Gasteiger partial charge is 0.339 e.